The van der Waals surface area contributed by atoms with Crippen molar-refractivity contribution in [2.45, 2.75) is 25.3 Å². The Kier molecular flexibility index (Phi) is 5.58. The smallest absolute Gasteiger partial charge is 0.221 e. The van der Waals surface area contributed by atoms with Crippen LogP contribution in [0.4, 0.5) is 10.1 Å². The fourth-order valence-electron chi connectivity index (χ4n) is 3.92. The van der Waals surface area contributed by atoms with Crippen molar-refractivity contribution in [3.05, 3.63) is 52.9 Å². The first kappa shape index (κ1) is 19.7. The van der Waals surface area contributed by atoms with E-state index in [9.17, 15) is 14.0 Å². The van der Waals surface area contributed by atoms with E-state index in [-0.39, 0.29) is 18.2 Å². The van der Waals surface area contributed by atoms with E-state index in [0.29, 0.717) is 28.5 Å². The number of halogens is 1. The van der Waals surface area contributed by atoms with Gasteiger partial charge in [-0.15, -0.1) is 0 Å². The number of hydrogen-bond donors (Lipinski definition) is 2. The van der Waals surface area contributed by atoms with E-state index < -0.39 is 23.7 Å². The number of carbonyl (C=O) groups is 2. The summed E-state index contributed by atoms with van der Waals surface area (Å²) in [6.45, 7) is 1.38. The highest BCUT2D eigenvalue weighted by atomic mass is 19.1. The third-order valence-electron chi connectivity index (χ3n) is 4.99. The van der Waals surface area contributed by atoms with Gasteiger partial charge in [-0.1, -0.05) is 0 Å². The van der Waals surface area contributed by atoms with Crippen molar-refractivity contribution in [1.29, 1.82) is 0 Å². The van der Waals surface area contributed by atoms with Gasteiger partial charge >= 0.3 is 0 Å². The number of benzene rings is 1. The van der Waals surface area contributed by atoms with Gasteiger partial charge in [0.1, 0.15) is 11.6 Å². The summed E-state index contributed by atoms with van der Waals surface area (Å²) in [6.07, 6.45) is 1.81. The van der Waals surface area contributed by atoms with E-state index in [1.807, 2.05) is 0 Å². The Morgan fingerprint density at radius 2 is 1.96 bits per heavy atom. The Morgan fingerprint density at radius 1 is 1.21 bits per heavy atom. The van der Waals surface area contributed by atoms with Gasteiger partial charge in [0.05, 0.1) is 33.3 Å². The van der Waals surface area contributed by atoms with Crippen molar-refractivity contribution in [1.82, 2.24) is 5.32 Å². The van der Waals surface area contributed by atoms with Crippen LogP contribution in [0.3, 0.4) is 0 Å². The highest BCUT2D eigenvalue weighted by Crippen LogP contribution is 2.45. The van der Waals surface area contributed by atoms with Crippen molar-refractivity contribution >= 4 is 17.5 Å². The van der Waals surface area contributed by atoms with E-state index in [2.05, 4.69) is 10.6 Å². The zero-order chi connectivity index (χ0) is 20.4. The first-order valence-corrected chi connectivity index (χ1v) is 8.84. The lowest BCUT2D eigenvalue weighted by Gasteiger charge is -2.41. The molecule has 2 N–H and O–H groups in total. The van der Waals surface area contributed by atoms with Gasteiger partial charge in [0.2, 0.25) is 11.8 Å². The van der Waals surface area contributed by atoms with Crippen molar-refractivity contribution in [3.8, 4) is 0 Å². The number of anilines is 1. The van der Waals surface area contributed by atoms with Crippen LogP contribution >= 0.6 is 0 Å². The molecule has 0 radical (unpaired) electrons. The molecule has 1 aromatic rings. The molecule has 3 atom stereocenters. The number of ether oxygens (including phenoxy) is 3. The molecule has 0 saturated carbocycles. The second-order valence-corrected chi connectivity index (χ2v) is 6.68. The zero-order valence-electron chi connectivity index (χ0n) is 16.2. The summed E-state index contributed by atoms with van der Waals surface area (Å²) in [7, 11) is 4.49. The third kappa shape index (κ3) is 3.54. The molecular formula is C20H23FN2O5. The summed E-state index contributed by atoms with van der Waals surface area (Å²) in [6, 6.07) is 3.89. The molecule has 8 heteroatoms. The lowest BCUT2D eigenvalue weighted by Crippen LogP contribution is -2.50. The Hall–Kier alpha value is -3.03. The minimum absolute atomic E-state index is 0.0711. The molecule has 0 aromatic heterocycles. The normalized spacial score (nSPS) is 24.0. The quantitative estimate of drug-likeness (QED) is 0.807. The lowest BCUT2D eigenvalue weighted by atomic mass is 9.73. The molecule has 1 heterocycles. The van der Waals surface area contributed by atoms with E-state index >= 15 is 0 Å². The number of rotatable bonds is 5. The van der Waals surface area contributed by atoms with E-state index in [4.69, 9.17) is 14.2 Å². The highest BCUT2D eigenvalue weighted by molar-refractivity contribution is 5.88. The summed E-state index contributed by atoms with van der Waals surface area (Å²) in [4.78, 5) is 23.7. The van der Waals surface area contributed by atoms with Gasteiger partial charge < -0.3 is 24.8 Å². The number of hydrogen-bond acceptors (Lipinski definition) is 5. The first-order chi connectivity index (χ1) is 13.4. The standard InChI is InChI=1S/C20H23FN2O5/c1-10(24)22-11-5-6-14(21)12(7-11)13-8-17(25)23-15-9-16(26-2)19(27-3)20(28-4)18(13)15/h5-7,9,13,15,18H,8H2,1-4H3,(H,22,24)(H,23,25). The molecule has 1 saturated heterocycles. The predicted octanol–water partition coefficient (Wildman–Crippen LogP) is 2.42. The molecule has 1 aliphatic carbocycles. The van der Waals surface area contributed by atoms with Gasteiger partial charge in [-0.25, -0.2) is 4.39 Å². The molecule has 7 nitrogen and oxygen atoms in total. The van der Waals surface area contributed by atoms with Crippen molar-refractivity contribution in [3.63, 3.8) is 0 Å². The highest BCUT2D eigenvalue weighted by Gasteiger charge is 2.45. The Morgan fingerprint density at radius 3 is 2.57 bits per heavy atom. The van der Waals surface area contributed by atoms with Crippen LogP contribution in [0.15, 0.2) is 41.6 Å². The first-order valence-electron chi connectivity index (χ1n) is 8.84. The molecule has 2 amide bonds. The minimum Gasteiger partial charge on any atom is -0.497 e. The van der Waals surface area contributed by atoms with Crippen LogP contribution in [0.25, 0.3) is 0 Å². The molecule has 3 rings (SSSR count). The zero-order valence-corrected chi connectivity index (χ0v) is 16.2. The molecule has 0 spiro atoms. The fourth-order valence-corrected chi connectivity index (χ4v) is 3.92. The van der Waals surface area contributed by atoms with Crippen LogP contribution in [0, 0.1) is 11.7 Å². The summed E-state index contributed by atoms with van der Waals surface area (Å²) >= 11 is 0. The molecule has 1 fully saturated rings. The van der Waals surface area contributed by atoms with E-state index in [0.717, 1.165) is 0 Å². The van der Waals surface area contributed by atoms with Crippen LogP contribution in [0.1, 0.15) is 24.8 Å². The summed E-state index contributed by atoms with van der Waals surface area (Å²) in [5.41, 5.74) is 0.792. The second-order valence-electron chi connectivity index (χ2n) is 6.68. The van der Waals surface area contributed by atoms with Gasteiger partial charge in [-0.05, 0) is 29.8 Å². The second kappa shape index (κ2) is 7.92. The lowest BCUT2D eigenvalue weighted by molar-refractivity contribution is -0.124. The molecule has 3 unspecified atom stereocenters. The molecule has 2 aliphatic rings. The molecule has 1 aliphatic heterocycles. The minimum atomic E-state index is -0.512. The van der Waals surface area contributed by atoms with Crippen molar-refractivity contribution in [2.75, 3.05) is 26.6 Å². The number of carbonyl (C=O) groups excluding carboxylic acids is 2. The average Bonchev–Trinajstić information content (AvgIpc) is 2.66. The molecule has 150 valence electrons. The largest absolute Gasteiger partial charge is 0.497 e. The van der Waals surface area contributed by atoms with Crippen molar-refractivity contribution < 1.29 is 28.2 Å². The number of nitrogens with one attached hydrogen (secondary N) is 2. The predicted molar refractivity (Wildman–Crippen MR) is 99.6 cm³/mol. The van der Waals surface area contributed by atoms with Gasteiger partial charge in [0, 0.05) is 24.9 Å². The summed E-state index contributed by atoms with van der Waals surface area (Å²) < 4.78 is 31.2. The number of fused-ring (bicyclic) bond motifs is 1. The number of piperidine rings is 1. The maximum atomic E-state index is 14.8. The van der Waals surface area contributed by atoms with E-state index in [1.54, 1.807) is 12.1 Å². The number of amides is 2. The van der Waals surface area contributed by atoms with Crippen LogP contribution in [0.2, 0.25) is 0 Å². The van der Waals surface area contributed by atoms with Gasteiger partial charge in [-0.3, -0.25) is 9.59 Å². The third-order valence-corrected chi connectivity index (χ3v) is 4.99. The fraction of sp³-hybridized carbons (Fsp3) is 0.400. The van der Waals surface area contributed by atoms with Gasteiger partial charge in [-0.2, -0.15) is 0 Å². The molecule has 1 aromatic carbocycles. The topological polar surface area (TPSA) is 85.9 Å². The SMILES string of the molecule is COC1=CC2NC(=O)CC(c3cc(NC(C)=O)ccc3F)C2C(OC)=C1OC. The summed E-state index contributed by atoms with van der Waals surface area (Å²) in [5.74, 6) is -0.509. The Labute approximate surface area is 162 Å². The molecule has 28 heavy (non-hydrogen) atoms. The Bertz CT molecular complexity index is 864. The number of methoxy groups -OCH3 is 3. The van der Waals surface area contributed by atoms with Crippen LogP contribution in [0.5, 0.6) is 0 Å². The average molecular weight is 390 g/mol. The Balaban J connectivity index is 2.11. The van der Waals surface area contributed by atoms with Gasteiger partial charge in [0.25, 0.3) is 0 Å². The molecular weight excluding hydrogens is 367 g/mol. The maximum absolute atomic E-state index is 14.8. The van der Waals surface area contributed by atoms with Gasteiger partial charge in [0.15, 0.2) is 11.5 Å². The van der Waals surface area contributed by atoms with Crippen LogP contribution in [-0.4, -0.2) is 39.2 Å². The van der Waals surface area contributed by atoms with E-state index in [1.165, 1.54) is 40.4 Å². The van der Waals surface area contributed by atoms with Crippen LogP contribution in [-0.2, 0) is 23.8 Å². The van der Waals surface area contributed by atoms with Crippen molar-refractivity contribution in [2.24, 2.45) is 5.92 Å². The maximum Gasteiger partial charge on any atom is 0.221 e. The monoisotopic (exact) mass is 390 g/mol. The van der Waals surface area contributed by atoms with Crippen LogP contribution < -0.4 is 10.6 Å². The molecule has 0 bridgehead atoms. The summed E-state index contributed by atoms with van der Waals surface area (Å²) in [5, 5.41) is 5.55.